The number of aromatic nitrogens is 2. The molecule has 2 N–H and O–H groups in total. The number of halogens is 2. The lowest BCUT2D eigenvalue weighted by atomic mass is 10.2. The molecule has 0 bridgehead atoms. The van der Waals surface area contributed by atoms with Crippen molar-refractivity contribution in [3.63, 3.8) is 0 Å². The van der Waals surface area contributed by atoms with Crippen molar-refractivity contribution in [3.8, 4) is 0 Å². The van der Waals surface area contributed by atoms with Crippen molar-refractivity contribution in [2.75, 3.05) is 0 Å². The number of alkyl halides is 1. The Morgan fingerprint density at radius 1 is 1.47 bits per heavy atom. The van der Waals surface area contributed by atoms with Crippen LogP contribution in [0.4, 0.5) is 4.39 Å². The van der Waals surface area contributed by atoms with E-state index in [2.05, 4.69) is 4.98 Å². The number of hydrogen-bond donors (Lipinski definition) is 1. The molecule has 6 heteroatoms. The SMILES string of the molecule is Cc1cc2c(cc1F)nc(C(C)Cl)n2C(C)C(N)=O. The number of carbonyl (C=O) groups excluding carboxylic acids is 1. The molecular weight excluding hydrogens is 269 g/mol. The number of amides is 1. The van der Waals surface area contributed by atoms with Crippen molar-refractivity contribution in [3.05, 3.63) is 29.3 Å². The first-order valence-corrected chi connectivity index (χ1v) is 6.38. The Labute approximate surface area is 115 Å². The molecule has 102 valence electrons. The van der Waals surface area contributed by atoms with E-state index in [1.807, 2.05) is 0 Å². The molecule has 1 amide bonds. The average molecular weight is 284 g/mol. The van der Waals surface area contributed by atoms with Crippen LogP contribution in [0.5, 0.6) is 0 Å². The fourth-order valence-electron chi connectivity index (χ4n) is 2.05. The van der Waals surface area contributed by atoms with Crippen molar-refractivity contribution < 1.29 is 9.18 Å². The summed E-state index contributed by atoms with van der Waals surface area (Å²) in [6.45, 7) is 5.08. The van der Waals surface area contributed by atoms with Gasteiger partial charge in [0.05, 0.1) is 16.4 Å². The van der Waals surface area contributed by atoms with E-state index in [-0.39, 0.29) is 5.82 Å². The minimum atomic E-state index is -0.592. The zero-order chi connectivity index (χ0) is 14.3. The first-order valence-electron chi connectivity index (χ1n) is 5.94. The average Bonchev–Trinajstić information content (AvgIpc) is 2.67. The van der Waals surface area contributed by atoms with E-state index >= 15 is 0 Å². The van der Waals surface area contributed by atoms with Gasteiger partial charge in [-0.25, -0.2) is 9.37 Å². The van der Waals surface area contributed by atoms with E-state index in [1.165, 1.54) is 6.07 Å². The van der Waals surface area contributed by atoms with Crippen molar-refractivity contribution in [1.82, 2.24) is 9.55 Å². The highest BCUT2D eigenvalue weighted by molar-refractivity contribution is 6.20. The van der Waals surface area contributed by atoms with Crippen LogP contribution in [0.15, 0.2) is 12.1 Å². The van der Waals surface area contributed by atoms with Crippen LogP contribution in [-0.4, -0.2) is 15.5 Å². The number of nitrogens with two attached hydrogens (primary N) is 1. The Hall–Kier alpha value is -1.62. The summed E-state index contributed by atoms with van der Waals surface area (Å²) < 4.78 is 15.2. The summed E-state index contributed by atoms with van der Waals surface area (Å²) in [5.74, 6) is -0.314. The molecule has 1 heterocycles. The second kappa shape index (κ2) is 4.81. The second-order valence-corrected chi connectivity index (χ2v) is 5.28. The lowest BCUT2D eigenvalue weighted by molar-refractivity contribution is -0.120. The molecule has 2 unspecified atom stereocenters. The molecule has 4 nitrogen and oxygen atoms in total. The van der Waals surface area contributed by atoms with Crippen LogP contribution in [-0.2, 0) is 4.79 Å². The molecule has 0 aliphatic heterocycles. The number of rotatable bonds is 3. The highest BCUT2D eigenvalue weighted by Crippen LogP contribution is 2.29. The monoisotopic (exact) mass is 283 g/mol. The zero-order valence-corrected chi connectivity index (χ0v) is 11.7. The fourth-order valence-corrected chi connectivity index (χ4v) is 2.21. The Kier molecular flexibility index (Phi) is 3.49. The van der Waals surface area contributed by atoms with Gasteiger partial charge in [-0.05, 0) is 32.4 Å². The van der Waals surface area contributed by atoms with Crippen LogP contribution < -0.4 is 5.73 Å². The number of aryl methyl sites for hydroxylation is 1. The van der Waals surface area contributed by atoms with Crippen LogP contribution >= 0.6 is 11.6 Å². The molecule has 0 fully saturated rings. The largest absolute Gasteiger partial charge is 0.368 e. The molecular formula is C13H15ClFN3O. The first kappa shape index (κ1) is 13.8. The predicted octanol–water partition coefficient (Wildman–Crippen LogP) is 2.83. The summed E-state index contributed by atoms with van der Waals surface area (Å²) in [5, 5.41) is -0.405. The van der Waals surface area contributed by atoms with Crippen LogP contribution in [0.25, 0.3) is 11.0 Å². The normalized spacial score (nSPS) is 14.6. The highest BCUT2D eigenvalue weighted by atomic mass is 35.5. The number of imidazole rings is 1. The smallest absolute Gasteiger partial charge is 0.240 e. The van der Waals surface area contributed by atoms with Crippen molar-refractivity contribution in [2.24, 2.45) is 5.73 Å². The van der Waals surface area contributed by atoms with Gasteiger partial charge in [0.15, 0.2) is 0 Å². The van der Waals surface area contributed by atoms with E-state index in [9.17, 15) is 9.18 Å². The third-order valence-corrected chi connectivity index (χ3v) is 3.35. The van der Waals surface area contributed by atoms with Crippen molar-refractivity contribution in [1.29, 1.82) is 0 Å². The van der Waals surface area contributed by atoms with Crippen molar-refractivity contribution >= 4 is 28.5 Å². The Balaban J connectivity index is 2.80. The molecule has 0 radical (unpaired) electrons. The van der Waals surface area contributed by atoms with E-state index < -0.39 is 17.3 Å². The maximum Gasteiger partial charge on any atom is 0.240 e. The van der Waals surface area contributed by atoms with E-state index in [0.29, 0.717) is 22.4 Å². The van der Waals surface area contributed by atoms with Gasteiger partial charge in [0.2, 0.25) is 5.91 Å². The quantitative estimate of drug-likeness (QED) is 0.881. The lowest BCUT2D eigenvalue weighted by Crippen LogP contribution is -2.25. The van der Waals surface area contributed by atoms with Gasteiger partial charge < -0.3 is 10.3 Å². The summed E-state index contributed by atoms with van der Waals surface area (Å²) in [6, 6.07) is 2.41. The van der Waals surface area contributed by atoms with Gasteiger partial charge in [-0.2, -0.15) is 0 Å². The molecule has 0 spiro atoms. The third kappa shape index (κ3) is 2.30. The molecule has 19 heavy (non-hydrogen) atoms. The Morgan fingerprint density at radius 3 is 2.63 bits per heavy atom. The lowest BCUT2D eigenvalue weighted by Gasteiger charge is -2.15. The Morgan fingerprint density at radius 2 is 2.11 bits per heavy atom. The third-order valence-electron chi connectivity index (χ3n) is 3.15. The molecule has 0 saturated carbocycles. The van der Waals surface area contributed by atoms with E-state index in [0.717, 1.165) is 0 Å². The summed E-state index contributed by atoms with van der Waals surface area (Å²) in [4.78, 5) is 15.7. The standard InChI is InChI=1S/C13H15ClFN3O/c1-6-4-11-10(5-9(6)15)17-13(7(2)14)18(11)8(3)12(16)19/h4-5,7-8H,1-3H3,(H2,16,19). The maximum atomic E-state index is 13.6. The van der Waals surface area contributed by atoms with Crippen LogP contribution in [0.3, 0.4) is 0 Å². The van der Waals surface area contributed by atoms with Gasteiger partial charge in [0.25, 0.3) is 0 Å². The van der Waals surface area contributed by atoms with E-state index in [1.54, 1.807) is 31.4 Å². The van der Waals surface area contributed by atoms with Crippen molar-refractivity contribution in [2.45, 2.75) is 32.2 Å². The van der Waals surface area contributed by atoms with Crippen LogP contribution in [0, 0.1) is 12.7 Å². The molecule has 0 aliphatic carbocycles. The van der Waals surface area contributed by atoms with Crippen LogP contribution in [0.2, 0.25) is 0 Å². The van der Waals surface area contributed by atoms with Crippen LogP contribution in [0.1, 0.15) is 36.7 Å². The van der Waals surface area contributed by atoms with Gasteiger partial charge in [-0.15, -0.1) is 11.6 Å². The van der Waals surface area contributed by atoms with Gasteiger partial charge >= 0.3 is 0 Å². The molecule has 2 aromatic rings. The summed E-state index contributed by atoms with van der Waals surface area (Å²) in [6.07, 6.45) is 0. The number of fused-ring (bicyclic) bond motifs is 1. The number of hydrogen-bond acceptors (Lipinski definition) is 2. The predicted molar refractivity (Wildman–Crippen MR) is 72.6 cm³/mol. The first-order chi connectivity index (χ1) is 8.82. The molecule has 1 aromatic carbocycles. The number of carbonyl (C=O) groups is 1. The molecule has 2 atom stereocenters. The molecule has 2 rings (SSSR count). The van der Waals surface area contributed by atoms with Gasteiger partial charge in [0, 0.05) is 6.07 Å². The summed E-state index contributed by atoms with van der Waals surface area (Å²) in [7, 11) is 0. The summed E-state index contributed by atoms with van der Waals surface area (Å²) >= 11 is 6.08. The number of benzene rings is 1. The van der Waals surface area contributed by atoms with Gasteiger partial charge in [-0.3, -0.25) is 4.79 Å². The maximum absolute atomic E-state index is 13.6. The molecule has 0 aliphatic rings. The molecule has 1 aromatic heterocycles. The minimum Gasteiger partial charge on any atom is -0.368 e. The number of primary amides is 1. The number of nitrogens with zero attached hydrogens (tertiary/aromatic N) is 2. The van der Waals surface area contributed by atoms with Gasteiger partial charge in [0.1, 0.15) is 17.7 Å². The zero-order valence-electron chi connectivity index (χ0n) is 10.9. The van der Waals surface area contributed by atoms with E-state index in [4.69, 9.17) is 17.3 Å². The Bertz CT molecular complexity index is 651. The molecule has 0 saturated heterocycles. The minimum absolute atomic E-state index is 0.336. The highest BCUT2D eigenvalue weighted by Gasteiger charge is 2.22. The topological polar surface area (TPSA) is 60.9 Å². The van der Waals surface area contributed by atoms with Gasteiger partial charge in [-0.1, -0.05) is 0 Å². The second-order valence-electron chi connectivity index (χ2n) is 4.62. The fraction of sp³-hybridized carbons (Fsp3) is 0.385. The summed E-state index contributed by atoms with van der Waals surface area (Å²) in [5.41, 5.74) is 6.97.